The molecule has 1 aromatic carbocycles. The van der Waals surface area contributed by atoms with Gasteiger partial charge in [-0.15, -0.1) is 6.58 Å². The number of hydrogen-bond acceptors (Lipinski definition) is 6. The van der Waals surface area contributed by atoms with E-state index in [-0.39, 0.29) is 11.5 Å². The Kier molecular flexibility index (Phi) is 6.53. The van der Waals surface area contributed by atoms with Gasteiger partial charge < -0.3 is 5.32 Å². The number of thiocarbonyl (C=S) groups is 1. The van der Waals surface area contributed by atoms with Crippen LogP contribution in [0.5, 0.6) is 0 Å². The summed E-state index contributed by atoms with van der Waals surface area (Å²) in [6, 6.07) is 13.8. The molecule has 2 aromatic heterocycles. The first kappa shape index (κ1) is 22.0. The SMILES string of the molecule is C=CCN1C(=O)/C(=C\c2c(NCCc3ccccc3)nc3ccc(C)cn3c2=O)SC1=S. The van der Waals surface area contributed by atoms with E-state index >= 15 is 0 Å². The van der Waals surface area contributed by atoms with Crippen molar-refractivity contribution >= 4 is 51.7 Å². The maximum atomic E-state index is 13.4. The molecule has 1 amide bonds. The van der Waals surface area contributed by atoms with Gasteiger partial charge >= 0.3 is 0 Å². The molecule has 0 spiro atoms. The van der Waals surface area contributed by atoms with Gasteiger partial charge in [0.25, 0.3) is 11.5 Å². The highest BCUT2D eigenvalue weighted by Crippen LogP contribution is 2.32. The second-order valence-electron chi connectivity index (χ2n) is 7.36. The van der Waals surface area contributed by atoms with Crippen molar-refractivity contribution in [3.63, 3.8) is 0 Å². The number of fused-ring (bicyclic) bond motifs is 1. The van der Waals surface area contributed by atoms with Crippen molar-refractivity contribution in [1.82, 2.24) is 14.3 Å². The van der Waals surface area contributed by atoms with Crippen LogP contribution < -0.4 is 10.9 Å². The van der Waals surface area contributed by atoms with Crippen LogP contribution in [0.2, 0.25) is 0 Å². The van der Waals surface area contributed by atoms with Gasteiger partial charge in [0.1, 0.15) is 15.8 Å². The van der Waals surface area contributed by atoms with Gasteiger partial charge in [0, 0.05) is 19.3 Å². The van der Waals surface area contributed by atoms with E-state index in [1.54, 1.807) is 18.3 Å². The van der Waals surface area contributed by atoms with E-state index in [1.165, 1.54) is 26.6 Å². The Morgan fingerprint density at radius 1 is 1.19 bits per heavy atom. The van der Waals surface area contributed by atoms with Crippen LogP contribution in [0.4, 0.5) is 5.82 Å². The van der Waals surface area contributed by atoms with E-state index in [1.807, 2.05) is 37.3 Å². The van der Waals surface area contributed by atoms with E-state index in [9.17, 15) is 9.59 Å². The smallest absolute Gasteiger partial charge is 0.267 e. The molecule has 1 saturated heterocycles. The first-order chi connectivity index (χ1) is 15.5. The number of aryl methyl sites for hydroxylation is 1. The van der Waals surface area contributed by atoms with Crippen molar-refractivity contribution in [3.8, 4) is 0 Å². The molecule has 0 radical (unpaired) electrons. The molecule has 6 nitrogen and oxygen atoms in total. The third kappa shape index (κ3) is 4.51. The van der Waals surface area contributed by atoms with Crippen LogP contribution in [0.1, 0.15) is 16.7 Å². The number of pyridine rings is 1. The normalized spacial score (nSPS) is 15.0. The number of aromatic nitrogens is 2. The molecule has 1 aliphatic heterocycles. The Morgan fingerprint density at radius 3 is 2.72 bits per heavy atom. The predicted octanol–water partition coefficient (Wildman–Crippen LogP) is 4.04. The Hall–Kier alpha value is -3.23. The number of nitrogens with zero attached hydrogens (tertiary/aromatic N) is 3. The van der Waals surface area contributed by atoms with Gasteiger partial charge in [-0.1, -0.05) is 66.5 Å². The zero-order valence-electron chi connectivity index (χ0n) is 17.6. The van der Waals surface area contributed by atoms with Gasteiger partial charge in [-0.2, -0.15) is 0 Å². The highest BCUT2D eigenvalue weighted by molar-refractivity contribution is 8.26. The number of carbonyl (C=O) groups is 1. The quantitative estimate of drug-likeness (QED) is 0.325. The summed E-state index contributed by atoms with van der Waals surface area (Å²) >= 11 is 6.51. The predicted molar refractivity (Wildman–Crippen MR) is 135 cm³/mol. The molecule has 8 heteroatoms. The lowest BCUT2D eigenvalue weighted by Crippen LogP contribution is -2.28. The van der Waals surface area contributed by atoms with Crippen LogP contribution in [-0.2, 0) is 11.2 Å². The Morgan fingerprint density at radius 2 is 1.97 bits per heavy atom. The van der Waals surface area contributed by atoms with Gasteiger partial charge in [-0.05, 0) is 36.6 Å². The number of carbonyl (C=O) groups excluding carboxylic acids is 1. The molecular weight excluding hydrogens is 440 g/mol. The molecule has 32 heavy (non-hydrogen) atoms. The lowest BCUT2D eigenvalue weighted by atomic mass is 10.1. The molecule has 0 unspecified atom stereocenters. The van der Waals surface area contributed by atoms with Crippen LogP contribution in [0.25, 0.3) is 11.7 Å². The minimum Gasteiger partial charge on any atom is -0.369 e. The van der Waals surface area contributed by atoms with Crippen LogP contribution in [-0.4, -0.2) is 37.6 Å². The molecule has 0 aliphatic carbocycles. The fourth-order valence-corrected chi connectivity index (χ4v) is 4.67. The van der Waals surface area contributed by atoms with Gasteiger partial charge in [0.15, 0.2) is 0 Å². The van der Waals surface area contributed by atoms with E-state index < -0.39 is 0 Å². The van der Waals surface area contributed by atoms with E-state index in [4.69, 9.17) is 12.2 Å². The molecular formula is C24H22N4O2S2. The molecule has 4 rings (SSSR count). The number of anilines is 1. The Bertz CT molecular complexity index is 1300. The van der Waals surface area contributed by atoms with Crippen LogP contribution in [0.15, 0.2) is 71.0 Å². The Balaban J connectivity index is 1.73. The maximum absolute atomic E-state index is 13.4. The fourth-order valence-electron chi connectivity index (χ4n) is 3.41. The summed E-state index contributed by atoms with van der Waals surface area (Å²) in [5.41, 5.74) is 2.75. The lowest BCUT2D eigenvalue weighted by Gasteiger charge is -2.12. The lowest BCUT2D eigenvalue weighted by molar-refractivity contribution is -0.121. The summed E-state index contributed by atoms with van der Waals surface area (Å²) < 4.78 is 1.96. The molecule has 3 aromatic rings. The highest BCUT2D eigenvalue weighted by atomic mass is 32.2. The summed E-state index contributed by atoms with van der Waals surface area (Å²) in [4.78, 5) is 32.7. The van der Waals surface area contributed by atoms with E-state index in [2.05, 4.69) is 29.0 Å². The number of amides is 1. The van der Waals surface area contributed by atoms with Crippen molar-refractivity contribution in [3.05, 3.63) is 93.3 Å². The third-order valence-electron chi connectivity index (χ3n) is 5.02. The molecule has 162 valence electrons. The summed E-state index contributed by atoms with van der Waals surface area (Å²) in [5.74, 6) is 0.215. The number of benzene rings is 1. The van der Waals surface area contributed by atoms with Crippen LogP contribution >= 0.6 is 24.0 Å². The van der Waals surface area contributed by atoms with Crippen molar-refractivity contribution in [2.45, 2.75) is 13.3 Å². The van der Waals surface area contributed by atoms with Crippen LogP contribution in [0.3, 0.4) is 0 Å². The van der Waals surface area contributed by atoms with Gasteiger partial charge in [0.05, 0.1) is 10.5 Å². The van der Waals surface area contributed by atoms with Gasteiger partial charge in [-0.3, -0.25) is 18.9 Å². The minimum absolute atomic E-state index is 0.233. The van der Waals surface area contributed by atoms with Crippen molar-refractivity contribution in [2.24, 2.45) is 0 Å². The minimum atomic E-state index is -0.241. The molecule has 1 aliphatic rings. The highest BCUT2D eigenvalue weighted by Gasteiger charge is 2.31. The van der Waals surface area contributed by atoms with Gasteiger partial charge in [0.2, 0.25) is 0 Å². The second-order valence-corrected chi connectivity index (χ2v) is 9.03. The topological polar surface area (TPSA) is 66.7 Å². The fraction of sp³-hybridized carbons (Fsp3) is 0.167. The van der Waals surface area contributed by atoms with Crippen molar-refractivity contribution in [2.75, 3.05) is 18.4 Å². The molecule has 0 atom stereocenters. The standard InChI is InChI=1S/C24H22N4O2S2/c1-3-13-27-23(30)19(32-24(27)31)14-18-21(25-12-11-17-7-5-4-6-8-17)26-20-10-9-16(2)15-28(20)22(18)29/h3-10,14-15,25H,1,11-13H2,2H3/b19-14+. The van der Waals surface area contributed by atoms with Crippen molar-refractivity contribution < 1.29 is 4.79 Å². The van der Waals surface area contributed by atoms with E-state index in [0.29, 0.717) is 39.3 Å². The molecule has 1 N–H and O–H groups in total. The van der Waals surface area contributed by atoms with Crippen LogP contribution in [0, 0.1) is 6.92 Å². The summed E-state index contributed by atoms with van der Waals surface area (Å²) in [6.45, 7) is 6.52. The number of hydrogen-bond donors (Lipinski definition) is 1. The number of nitrogens with one attached hydrogen (secondary N) is 1. The zero-order chi connectivity index (χ0) is 22.7. The summed E-state index contributed by atoms with van der Waals surface area (Å²) in [7, 11) is 0. The largest absolute Gasteiger partial charge is 0.369 e. The zero-order valence-corrected chi connectivity index (χ0v) is 19.2. The third-order valence-corrected chi connectivity index (χ3v) is 6.39. The summed E-state index contributed by atoms with van der Waals surface area (Å²) in [5, 5.41) is 3.29. The Labute approximate surface area is 195 Å². The maximum Gasteiger partial charge on any atom is 0.267 e. The van der Waals surface area contributed by atoms with E-state index in [0.717, 1.165) is 12.0 Å². The first-order valence-corrected chi connectivity index (χ1v) is 11.4. The molecule has 0 saturated carbocycles. The molecule has 3 heterocycles. The average Bonchev–Trinajstić information content (AvgIpc) is 3.05. The number of rotatable bonds is 7. The van der Waals surface area contributed by atoms with Crippen molar-refractivity contribution in [1.29, 1.82) is 0 Å². The number of thioether (sulfide) groups is 1. The second kappa shape index (κ2) is 9.50. The molecule has 0 bridgehead atoms. The molecule has 1 fully saturated rings. The average molecular weight is 463 g/mol. The first-order valence-electron chi connectivity index (χ1n) is 10.1. The summed E-state index contributed by atoms with van der Waals surface area (Å²) in [6.07, 6.45) is 5.74. The van der Waals surface area contributed by atoms with Gasteiger partial charge in [-0.25, -0.2) is 4.98 Å². The monoisotopic (exact) mass is 462 g/mol.